The van der Waals surface area contributed by atoms with E-state index in [0.29, 0.717) is 35.3 Å². The summed E-state index contributed by atoms with van der Waals surface area (Å²) in [6, 6.07) is 8.66. The second kappa shape index (κ2) is 8.52. The highest BCUT2D eigenvalue weighted by Gasteiger charge is 2.49. The predicted octanol–water partition coefficient (Wildman–Crippen LogP) is 4.09. The van der Waals surface area contributed by atoms with E-state index in [9.17, 15) is 13.9 Å². The number of fused-ring (bicyclic) bond motifs is 2. The quantitative estimate of drug-likeness (QED) is 0.681. The zero-order chi connectivity index (χ0) is 23.0. The number of hydrogen-bond donors (Lipinski definition) is 2. The number of benzene rings is 2. The summed E-state index contributed by atoms with van der Waals surface area (Å²) < 4.78 is 33.9. The molecule has 0 saturated heterocycles. The van der Waals surface area contributed by atoms with Gasteiger partial charge in [-0.15, -0.1) is 0 Å². The van der Waals surface area contributed by atoms with E-state index in [1.54, 1.807) is 25.2 Å². The number of aliphatic hydroxyl groups is 1. The number of allylic oxidation sites excluding steroid dienone is 1. The van der Waals surface area contributed by atoms with Crippen molar-refractivity contribution in [2.75, 3.05) is 13.7 Å². The summed E-state index contributed by atoms with van der Waals surface area (Å²) in [6.45, 7) is 4.01. The number of aliphatic hydroxyl groups excluding tert-OH is 1. The maximum absolute atomic E-state index is 13.8. The van der Waals surface area contributed by atoms with E-state index in [2.05, 4.69) is 11.1 Å². The minimum absolute atomic E-state index is 0.0183. The second-order valence-corrected chi connectivity index (χ2v) is 8.49. The summed E-state index contributed by atoms with van der Waals surface area (Å²) >= 11 is 0. The largest absolute Gasteiger partial charge is 0.489 e. The molecule has 0 radical (unpaired) electrons. The molecule has 3 unspecified atom stereocenters. The van der Waals surface area contributed by atoms with Crippen LogP contribution < -0.4 is 10.5 Å². The third-order valence-corrected chi connectivity index (χ3v) is 5.75. The standard InChI is InChI=1S/C24H27F2N3O3/c1-14(2)8-16(6-7-30)22-13-24(28-23(27)29(3)32-24)20-11-15(4-5-21(20)31-22)17-9-18(25)12-19(26)10-17/h4-5,8-12,16,22,30H,6-7,13H2,1-3H3,(H2,27,28). The number of hydrogen-bond acceptors (Lipinski definition) is 6. The molecule has 2 heterocycles. The van der Waals surface area contributed by atoms with E-state index in [0.717, 1.165) is 11.6 Å². The van der Waals surface area contributed by atoms with Crippen LogP contribution in [0.5, 0.6) is 5.75 Å². The fourth-order valence-corrected chi connectivity index (χ4v) is 4.36. The molecule has 0 fully saturated rings. The molecule has 32 heavy (non-hydrogen) atoms. The van der Waals surface area contributed by atoms with Gasteiger partial charge in [0.2, 0.25) is 11.7 Å². The van der Waals surface area contributed by atoms with Crippen LogP contribution >= 0.6 is 0 Å². The summed E-state index contributed by atoms with van der Waals surface area (Å²) in [6.07, 6.45) is 2.65. The molecule has 2 aliphatic heterocycles. The molecule has 2 aromatic rings. The Morgan fingerprint density at radius 3 is 2.56 bits per heavy atom. The molecule has 4 rings (SSSR count). The van der Waals surface area contributed by atoms with Crippen molar-refractivity contribution >= 4 is 5.96 Å². The van der Waals surface area contributed by atoms with Crippen LogP contribution in [-0.4, -0.2) is 35.9 Å². The first-order valence-electron chi connectivity index (χ1n) is 10.5. The number of hydroxylamine groups is 2. The van der Waals surface area contributed by atoms with Crippen molar-refractivity contribution in [3.05, 3.63) is 65.2 Å². The van der Waals surface area contributed by atoms with Crippen LogP contribution in [0.4, 0.5) is 8.78 Å². The van der Waals surface area contributed by atoms with Gasteiger partial charge in [0.25, 0.3) is 0 Å². The van der Waals surface area contributed by atoms with Crippen LogP contribution in [0.15, 0.2) is 53.0 Å². The molecular weight excluding hydrogens is 416 g/mol. The van der Waals surface area contributed by atoms with Crippen molar-refractivity contribution in [3.63, 3.8) is 0 Å². The average Bonchev–Trinajstić information content (AvgIpc) is 3.00. The van der Waals surface area contributed by atoms with Crippen molar-refractivity contribution in [1.29, 1.82) is 0 Å². The minimum Gasteiger partial charge on any atom is -0.489 e. The Morgan fingerprint density at radius 2 is 1.97 bits per heavy atom. The van der Waals surface area contributed by atoms with Crippen LogP contribution in [0.25, 0.3) is 11.1 Å². The Labute approximate surface area is 185 Å². The van der Waals surface area contributed by atoms with E-state index >= 15 is 0 Å². The van der Waals surface area contributed by atoms with Crippen molar-refractivity contribution in [2.45, 2.75) is 38.5 Å². The number of ether oxygens (including phenoxy) is 1. The molecule has 3 N–H and O–H groups in total. The van der Waals surface area contributed by atoms with E-state index in [-0.39, 0.29) is 24.6 Å². The Balaban J connectivity index is 1.81. The first-order chi connectivity index (χ1) is 15.2. The van der Waals surface area contributed by atoms with Gasteiger partial charge in [0.15, 0.2) is 0 Å². The van der Waals surface area contributed by atoms with Crippen molar-refractivity contribution in [2.24, 2.45) is 16.6 Å². The molecule has 0 amide bonds. The maximum atomic E-state index is 13.8. The van der Waals surface area contributed by atoms with Gasteiger partial charge in [-0.3, -0.25) is 0 Å². The van der Waals surface area contributed by atoms with E-state index in [4.69, 9.17) is 15.3 Å². The van der Waals surface area contributed by atoms with Crippen LogP contribution in [0.2, 0.25) is 0 Å². The lowest BCUT2D eigenvalue weighted by molar-refractivity contribution is -0.193. The molecule has 8 heteroatoms. The van der Waals surface area contributed by atoms with E-state index < -0.39 is 17.4 Å². The third kappa shape index (κ3) is 4.20. The summed E-state index contributed by atoms with van der Waals surface area (Å²) in [5, 5.41) is 11.0. The summed E-state index contributed by atoms with van der Waals surface area (Å²) in [5.41, 5.74) is 7.65. The van der Waals surface area contributed by atoms with Crippen LogP contribution in [0, 0.1) is 17.6 Å². The first-order valence-corrected chi connectivity index (χ1v) is 10.5. The molecule has 0 bridgehead atoms. The minimum atomic E-state index is -1.14. The van der Waals surface area contributed by atoms with Crippen LogP contribution in [-0.2, 0) is 10.6 Å². The number of guanidine groups is 1. The Morgan fingerprint density at radius 1 is 1.25 bits per heavy atom. The lowest BCUT2D eigenvalue weighted by Gasteiger charge is -2.39. The summed E-state index contributed by atoms with van der Waals surface area (Å²) in [4.78, 5) is 10.8. The van der Waals surface area contributed by atoms with Crippen molar-refractivity contribution in [1.82, 2.24) is 5.06 Å². The zero-order valence-electron chi connectivity index (χ0n) is 18.3. The van der Waals surface area contributed by atoms with Gasteiger partial charge in [0.05, 0.1) is 5.56 Å². The number of nitrogens with two attached hydrogens (primary N) is 1. The molecule has 2 aliphatic rings. The van der Waals surface area contributed by atoms with Gasteiger partial charge >= 0.3 is 0 Å². The highest BCUT2D eigenvalue weighted by Crippen LogP contribution is 2.48. The molecule has 0 aromatic heterocycles. The maximum Gasteiger partial charge on any atom is 0.221 e. The highest BCUT2D eigenvalue weighted by atomic mass is 19.1. The number of nitrogens with zero attached hydrogens (tertiary/aromatic N) is 2. The Kier molecular flexibility index (Phi) is 5.92. The van der Waals surface area contributed by atoms with Crippen molar-refractivity contribution < 1.29 is 23.5 Å². The van der Waals surface area contributed by atoms with Crippen LogP contribution in [0.1, 0.15) is 32.3 Å². The summed E-state index contributed by atoms with van der Waals surface area (Å²) in [5.74, 6) is -0.593. The molecule has 1 spiro atoms. The van der Waals surface area contributed by atoms with E-state index in [1.165, 1.54) is 17.2 Å². The molecule has 170 valence electrons. The fraction of sp³-hybridized carbons (Fsp3) is 0.375. The average molecular weight is 443 g/mol. The molecule has 2 aromatic carbocycles. The van der Waals surface area contributed by atoms with Gasteiger partial charge in [0, 0.05) is 32.1 Å². The Bertz CT molecular complexity index is 1060. The van der Waals surface area contributed by atoms with Gasteiger partial charge in [0.1, 0.15) is 23.5 Å². The molecule has 0 saturated carbocycles. The normalized spacial score (nSPS) is 22.9. The molecule has 0 aliphatic carbocycles. The number of halogens is 2. The lowest BCUT2D eigenvalue weighted by Crippen LogP contribution is -2.42. The summed E-state index contributed by atoms with van der Waals surface area (Å²) in [7, 11) is 1.67. The molecule has 6 nitrogen and oxygen atoms in total. The topological polar surface area (TPSA) is 80.3 Å². The Hall–Kier alpha value is -2.97. The molecule has 3 atom stereocenters. The van der Waals surface area contributed by atoms with Gasteiger partial charge in [-0.1, -0.05) is 17.7 Å². The third-order valence-electron chi connectivity index (χ3n) is 5.75. The SMILES string of the molecule is CC(C)=CC(CCO)C1CC2(N=C(N)N(C)O2)c2cc(-c3cc(F)cc(F)c3)ccc2O1. The van der Waals surface area contributed by atoms with Crippen LogP contribution in [0.3, 0.4) is 0 Å². The zero-order valence-corrected chi connectivity index (χ0v) is 18.3. The van der Waals surface area contributed by atoms with Gasteiger partial charge in [-0.2, -0.15) is 0 Å². The molecular formula is C24H27F2N3O3. The number of aliphatic imine (C=N–C) groups is 1. The highest BCUT2D eigenvalue weighted by molar-refractivity contribution is 5.79. The smallest absolute Gasteiger partial charge is 0.221 e. The van der Waals surface area contributed by atoms with Gasteiger partial charge in [-0.25, -0.2) is 23.7 Å². The first kappa shape index (κ1) is 22.2. The monoisotopic (exact) mass is 443 g/mol. The fourth-order valence-electron chi connectivity index (χ4n) is 4.36. The number of rotatable bonds is 5. The second-order valence-electron chi connectivity index (χ2n) is 8.49. The van der Waals surface area contributed by atoms with Gasteiger partial charge < -0.3 is 15.6 Å². The lowest BCUT2D eigenvalue weighted by atomic mass is 9.84. The van der Waals surface area contributed by atoms with E-state index in [1.807, 2.05) is 13.8 Å². The van der Waals surface area contributed by atoms with Gasteiger partial charge in [-0.05, 0) is 55.7 Å². The van der Waals surface area contributed by atoms with Crippen molar-refractivity contribution in [3.8, 4) is 16.9 Å². The predicted molar refractivity (Wildman–Crippen MR) is 118 cm³/mol.